The fourth-order valence-corrected chi connectivity index (χ4v) is 2.74. The van der Waals surface area contributed by atoms with Crippen LogP contribution in [0.3, 0.4) is 0 Å². The summed E-state index contributed by atoms with van der Waals surface area (Å²) in [5.41, 5.74) is -1.41. The molecule has 0 atom stereocenters. The van der Waals surface area contributed by atoms with E-state index in [2.05, 4.69) is 9.46 Å². The fourth-order valence-electron chi connectivity index (χ4n) is 1.28. The minimum absolute atomic E-state index is 0.0401. The highest BCUT2D eigenvalue weighted by atomic mass is 32.2. The Kier molecular flexibility index (Phi) is 5.91. The van der Waals surface area contributed by atoms with Gasteiger partial charge in [0, 0.05) is 7.11 Å². The van der Waals surface area contributed by atoms with E-state index >= 15 is 0 Å². The minimum atomic E-state index is -3.63. The van der Waals surface area contributed by atoms with Gasteiger partial charge in [0.1, 0.15) is 5.54 Å². The van der Waals surface area contributed by atoms with E-state index in [1.807, 2.05) is 0 Å². The second-order valence-electron chi connectivity index (χ2n) is 3.51. The number of sulfonamides is 1. The van der Waals surface area contributed by atoms with E-state index in [1.54, 1.807) is 13.8 Å². The van der Waals surface area contributed by atoms with Crippen molar-refractivity contribution in [2.45, 2.75) is 32.2 Å². The van der Waals surface area contributed by atoms with Crippen molar-refractivity contribution in [1.82, 2.24) is 4.72 Å². The lowest BCUT2D eigenvalue weighted by Gasteiger charge is -2.27. The van der Waals surface area contributed by atoms with Crippen LogP contribution in [-0.4, -0.2) is 44.5 Å². The molecule has 0 heterocycles. The van der Waals surface area contributed by atoms with E-state index in [0.717, 1.165) is 0 Å². The first kappa shape index (κ1) is 15.3. The summed E-state index contributed by atoms with van der Waals surface area (Å²) in [7, 11) is -2.24. The van der Waals surface area contributed by atoms with Crippen LogP contribution in [-0.2, 0) is 19.6 Å². The molecule has 0 aliphatic heterocycles. The Labute approximate surface area is 96.0 Å². The highest BCUT2D eigenvalue weighted by Gasteiger charge is 2.38. The summed E-state index contributed by atoms with van der Waals surface area (Å²) in [6, 6.07) is 0. The Bertz CT molecular complexity index is 321. The van der Waals surface area contributed by atoms with Crippen LogP contribution in [0.15, 0.2) is 0 Å². The molecule has 16 heavy (non-hydrogen) atoms. The van der Waals surface area contributed by atoms with Crippen LogP contribution in [0.2, 0.25) is 0 Å². The van der Waals surface area contributed by atoms with Gasteiger partial charge in [-0.2, -0.15) is 4.72 Å². The average Bonchev–Trinajstić information content (AvgIpc) is 2.23. The second kappa shape index (κ2) is 6.17. The quantitative estimate of drug-likeness (QED) is 0.644. The monoisotopic (exact) mass is 253 g/mol. The van der Waals surface area contributed by atoms with Crippen molar-refractivity contribution < 1.29 is 23.1 Å². The number of rotatable bonds is 8. The van der Waals surface area contributed by atoms with Gasteiger partial charge in [0.15, 0.2) is 0 Å². The van der Waals surface area contributed by atoms with Gasteiger partial charge in [0.2, 0.25) is 10.0 Å². The molecule has 7 heteroatoms. The molecule has 0 rings (SSSR count). The fraction of sp³-hybridized carbons (Fsp3) is 0.889. The Hall–Kier alpha value is -0.660. The third-order valence-electron chi connectivity index (χ3n) is 2.52. The second-order valence-corrected chi connectivity index (χ2v) is 5.35. The van der Waals surface area contributed by atoms with E-state index in [0.29, 0.717) is 0 Å². The molecule has 0 saturated heterocycles. The van der Waals surface area contributed by atoms with Crippen LogP contribution in [0.1, 0.15) is 26.7 Å². The van der Waals surface area contributed by atoms with Crippen LogP contribution >= 0.6 is 0 Å². The lowest BCUT2D eigenvalue weighted by atomic mass is 9.95. The summed E-state index contributed by atoms with van der Waals surface area (Å²) in [5.74, 6) is -1.39. The predicted octanol–water partition coefficient (Wildman–Crippen LogP) is 0.196. The first-order valence-corrected chi connectivity index (χ1v) is 6.72. The van der Waals surface area contributed by atoms with Gasteiger partial charge in [-0.15, -0.1) is 0 Å². The molecule has 0 amide bonds. The zero-order chi connectivity index (χ0) is 12.8. The van der Waals surface area contributed by atoms with Crippen molar-refractivity contribution in [2.75, 3.05) is 19.5 Å². The zero-order valence-corrected chi connectivity index (χ0v) is 10.6. The molecule has 2 N–H and O–H groups in total. The lowest BCUT2D eigenvalue weighted by molar-refractivity contribution is -0.144. The van der Waals surface area contributed by atoms with Crippen molar-refractivity contribution in [2.24, 2.45) is 0 Å². The number of carboxylic acids is 1. The smallest absolute Gasteiger partial charge is 0.324 e. The molecule has 0 aromatic carbocycles. The lowest BCUT2D eigenvalue weighted by Crippen LogP contribution is -2.54. The number of ether oxygens (including phenoxy) is 1. The molecule has 0 aliphatic rings. The topological polar surface area (TPSA) is 92.7 Å². The molecule has 0 radical (unpaired) electrons. The van der Waals surface area contributed by atoms with Crippen molar-refractivity contribution in [1.29, 1.82) is 0 Å². The minimum Gasteiger partial charge on any atom is -0.480 e. The van der Waals surface area contributed by atoms with Crippen molar-refractivity contribution in [3.63, 3.8) is 0 Å². The highest BCUT2D eigenvalue weighted by Crippen LogP contribution is 2.16. The molecule has 0 saturated carbocycles. The summed E-state index contributed by atoms with van der Waals surface area (Å²) in [6.07, 6.45) is 0.399. The van der Waals surface area contributed by atoms with E-state index in [4.69, 9.17) is 5.11 Å². The van der Waals surface area contributed by atoms with E-state index < -0.39 is 21.5 Å². The molecule has 0 fully saturated rings. The number of methoxy groups -OCH3 is 1. The largest absolute Gasteiger partial charge is 0.480 e. The van der Waals surface area contributed by atoms with E-state index in [1.165, 1.54) is 7.11 Å². The first-order valence-electron chi connectivity index (χ1n) is 5.07. The number of aliphatic carboxylic acids is 1. The molecular formula is C9H19NO5S. The van der Waals surface area contributed by atoms with Gasteiger partial charge in [-0.05, 0) is 12.8 Å². The Morgan fingerprint density at radius 1 is 1.38 bits per heavy atom. The zero-order valence-electron chi connectivity index (χ0n) is 9.82. The summed E-state index contributed by atoms with van der Waals surface area (Å²) < 4.78 is 30.0. The highest BCUT2D eigenvalue weighted by molar-refractivity contribution is 7.89. The number of nitrogens with one attached hydrogen (secondary N) is 1. The van der Waals surface area contributed by atoms with Gasteiger partial charge >= 0.3 is 5.97 Å². The molecule has 6 nitrogen and oxygen atoms in total. The maximum absolute atomic E-state index is 11.6. The van der Waals surface area contributed by atoms with Crippen LogP contribution in [0.4, 0.5) is 0 Å². The van der Waals surface area contributed by atoms with E-state index in [9.17, 15) is 13.2 Å². The van der Waals surface area contributed by atoms with Gasteiger partial charge in [-0.25, -0.2) is 8.42 Å². The van der Waals surface area contributed by atoms with Gasteiger partial charge in [-0.1, -0.05) is 13.8 Å². The summed E-state index contributed by atoms with van der Waals surface area (Å²) >= 11 is 0. The third kappa shape index (κ3) is 4.07. The normalized spacial score (nSPS) is 12.7. The molecule has 0 bridgehead atoms. The summed E-state index contributed by atoms with van der Waals surface area (Å²) in [5, 5.41) is 9.05. The van der Waals surface area contributed by atoms with E-state index in [-0.39, 0.29) is 25.2 Å². The Balaban J connectivity index is 4.82. The van der Waals surface area contributed by atoms with Crippen molar-refractivity contribution in [3.8, 4) is 0 Å². The molecule has 0 unspecified atom stereocenters. The molecular weight excluding hydrogens is 234 g/mol. The van der Waals surface area contributed by atoms with Crippen LogP contribution in [0.25, 0.3) is 0 Å². The molecule has 96 valence electrons. The number of carbonyl (C=O) groups is 1. The standard InChI is InChI=1S/C9H19NO5S/c1-4-9(5-2,8(11)12)10-16(13,14)7-6-15-3/h10H,4-7H2,1-3H3,(H,11,12). The molecule has 0 aromatic rings. The van der Waals surface area contributed by atoms with Gasteiger partial charge < -0.3 is 9.84 Å². The maximum Gasteiger partial charge on any atom is 0.324 e. The summed E-state index contributed by atoms with van der Waals surface area (Å²) in [6.45, 7) is 3.31. The van der Waals surface area contributed by atoms with Gasteiger partial charge in [0.25, 0.3) is 0 Å². The van der Waals surface area contributed by atoms with Crippen LogP contribution in [0.5, 0.6) is 0 Å². The van der Waals surface area contributed by atoms with Crippen molar-refractivity contribution in [3.05, 3.63) is 0 Å². The maximum atomic E-state index is 11.6. The molecule has 0 spiro atoms. The number of hydrogen-bond donors (Lipinski definition) is 2. The Morgan fingerprint density at radius 3 is 2.19 bits per heavy atom. The predicted molar refractivity (Wildman–Crippen MR) is 59.7 cm³/mol. The first-order chi connectivity index (χ1) is 7.33. The van der Waals surface area contributed by atoms with Gasteiger partial charge in [0.05, 0.1) is 12.4 Å². The van der Waals surface area contributed by atoms with Crippen molar-refractivity contribution >= 4 is 16.0 Å². The SMILES string of the molecule is CCC(CC)(NS(=O)(=O)CCOC)C(=O)O. The Morgan fingerprint density at radius 2 is 1.88 bits per heavy atom. The van der Waals surface area contributed by atoms with Crippen LogP contribution < -0.4 is 4.72 Å². The molecule has 0 aromatic heterocycles. The van der Waals surface area contributed by atoms with Gasteiger partial charge in [-0.3, -0.25) is 4.79 Å². The average molecular weight is 253 g/mol. The number of carboxylic acid groups (broad SMARTS) is 1. The summed E-state index contributed by atoms with van der Waals surface area (Å²) in [4.78, 5) is 11.1. The number of hydrogen-bond acceptors (Lipinski definition) is 4. The van der Waals surface area contributed by atoms with Crippen LogP contribution in [0, 0.1) is 0 Å². The third-order valence-corrected chi connectivity index (χ3v) is 3.93. The molecule has 0 aliphatic carbocycles.